The Morgan fingerprint density at radius 1 is 0.714 bits per heavy atom. The van der Waals surface area contributed by atoms with Crippen LogP contribution in [-0.4, -0.2) is 18.5 Å². The first-order chi connectivity index (χ1) is 16.5. The Kier molecular flexibility index (Phi) is 7.09. The van der Waals surface area contributed by atoms with Gasteiger partial charge in [-0.1, -0.05) is 30.3 Å². The van der Waals surface area contributed by atoms with Crippen LogP contribution < -0.4 is 0 Å². The van der Waals surface area contributed by atoms with Gasteiger partial charge in [0.1, 0.15) is 0 Å². The van der Waals surface area contributed by atoms with E-state index in [1.807, 2.05) is 58.2 Å². The number of nitrogens with one attached hydrogen (secondary N) is 1. The molecule has 0 amide bonds. The Labute approximate surface area is 245 Å². The van der Waals surface area contributed by atoms with Crippen molar-refractivity contribution >= 4 is 110 Å². The van der Waals surface area contributed by atoms with E-state index in [4.69, 9.17) is 9.97 Å². The fraction of sp³-hybridized carbons (Fsp3) is 0. The third kappa shape index (κ3) is 4.59. The zero-order valence-electron chi connectivity index (χ0n) is 17.7. The zero-order valence-corrected chi connectivity index (χ0v) is 25.2. The third-order valence-corrected chi connectivity index (χ3v) is 8.53. The van der Waals surface area contributed by atoms with E-state index < -0.39 is 0 Å². The Hall–Kier alpha value is -1.74. The van der Waals surface area contributed by atoms with E-state index >= 15 is 0 Å². The summed E-state index contributed by atoms with van der Waals surface area (Å²) in [7, 11) is 0. The first-order valence-electron chi connectivity index (χ1n) is 10.4. The number of H-pyrrole nitrogens is 1. The zero-order chi connectivity index (χ0) is 23.4. The summed E-state index contributed by atoms with van der Waals surface area (Å²) >= 11 is 15.3. The molecule has 5 heterocycles. The Bertz CT molecular complexity index is 1700. The predicted octanol–water partition coefficient (Wildman–Crippen LogP) is 9.24. The standard InChI is InChI=1S/C26H14Br4N4.Fe/c27-20-12-19-11-17-7-6-15(31-17)10-16-8-9-18(32-16)13-21-22(14-4-2-1-3-5-14)23(28)26(34(21)30)24(29)25(20)33-19;/h1-13,33H;. The predicted molar refractivity (Wildman–Crippen MR) is 155 cm³/mol. The average molecular weight is 758 g/mol. The van der Waals surface area contributed by atoms with Crippen molar-refractivity contribution in [2.24, 2.45) is 0 Å². The van der Waals surface area contributed by atoms with Crippen LogP contribution in [0.3, 0.4) is 0 Å². The Morgan fingerprint density at radius 2 is 1.31 bits per heavy atom. The number of fused-ring (bicyclic) bond motifs is 8. The van der Waals surface area contributed by atoms with Crippen LogP contribution in [0.25, 0.3) is 57.5 Å². The first kappa shape index (κ1) is 24.9. The van der Waals surface area contributed by atoms with E-state index in [-0.39, 0.29) is 17.1 Å². The molecule has 0 saturated carbocycles. The summed E-state index contributed by atoms with van der Waals surface area (Å²) < 4.78 is 4.81. The van der Waals surface area contributed by atoms with E-state index in [9.17, 15) is 0 Å². The fourth-order valence-corrected chi connectivity index (χ4v) is 7.77. The van der Waals surface area contributed by atoms with Gasteiger partial charge in [0.25, 0.3) is 0 Å². The van der Waals surface area contributed by atoms with Gasteiger partial charge in [-0.2, -0.15) is 0 Å². The minimum atomic E-state index is 0. The number of aromatic amines is 1. The molecule has 0 saturated heterocycles. The van der Waals surface area contributed by atoms with Gasteiger partial charge in [-0.15, -0.1) is 0 Å². The molecule has 1 aromatic carbocycles. The maximum absolute atomic E-state index is 4.81. The number of benzene rings is 1. The molecule has 174 valence electrons. The molecule has 1 N–H and O–H groups in total. The summed E-state index contributed by atoms with van der Waals surface area (Å²) in [5, 5.41) is 0. The second-order valence-electron chi connectivity index (χ2n) is 7.85. The van der Waals surface area contributed by atoms with Crippen LogP contribution in [0.4, 0.5) is 0 Å². The average Bonchev–Trinajstić information content (AvgIpc) is 3.58. The van der Waals surface area contributed by atoms with E-state index in [1.54, 1.807) is 0 Å². The topological polar surface area (TPSA) is 46.5 Å². The van der Waals surface area contributed by atoms with Gasteiger partial charge in [-0.3, -0.25) is 3.59 Å². The third-order valence-electron chi connectivity index (χ3n) is 5.62. The molecule has 3 aromatic heterocycles. The maximum atomic E-state index is 4.81. The van der Waals surface area contributed by atoms with Gasteiger partial charge in [0.15, 0.2) is 0 Å². The number of hydrogen-bond donors (Lipinski definition) is 1. The summed E-state index contributed by atoms with van der Waals surface area (Å²) in [5.41, 5.74) is 9.46. The number of hydrogen-bond acceptors (Lipinski definition) is 2. The molecule has 35 heavy (non-hydrogen) atoms. The largest absolute Gasteiger partial charge is 0.354 e. The summed E-state index contributed by atoms with van der Waals surface area (Å²) in [6.45, 7) is 0. The van der Waals surface area contributed by atoms with Gasteiger partial charge < -0.3 is 4.98 Å². The number of rotatable bonds is 1. The Balaban J connectivity index is 0.00000253. The molecule has 9 heteroatoms. The van der Waals surface area contributed by atoms with E-state index in [0.717, 1.165) is 69.4 Å². The van der Waals surface area contributed by atoms with Crippen LogP contribution in [0.2, 0.25) is 0 Å². The SMILES string of the molecule is Brc1cc2cc3nc(cc4nc(cc5c(-c6ccccc6)c(Br)c(c(Br)c1[nH]2)n5Br)C=C4)C=C3.[Fe]. The molecule has 0 aliphatic carbocycles. The molecule has 0 radical (unpaired) electrons. The quantitative estimate of drug-likeness (QED) is 0.170. The molecule has 8 bridgehead atoms. The summed E-state index contributed by atoms with van der Waals surface area (Å²) in [6, 6.07) is 18.5. The molecule has 2 aliphatic rings. The van der Waals surface area contributed by atoms with Gasteiger partial charge in [0.2, 0.25) is 0 Å². The number of nitrogens with zero attached hydrogens (tertiary/aromatic N) is 3. The van der Waals surface area contributed by atoms with Gasteiger partial charge in [0, 0.05) is 32.6 Å². The molecule has 0 spiro atoms. The normalized spacial score (nSPS) is 12.1. The van der Waals surface area contributed by atoms with Crippen molar-refractivity contribution < 1.29 is 17.1 Å². The van der Waals surface area contributed by atoms with Crippen LogP contribution in [0.5, 0.6) is 0 Å². The van der Waals surface area contributed by atoms with Crippen LogP contribution in [0.15, 0.2) is 68.0 Å². The molecular weight excluding hydrogens is 744 g/mol. The van der Waals surface area contributed by atoms with Gasteiger partial charge in [-0.05, 0) is 102 Å². The monoisotopic (exact) mass is 754 g/mol. The molecular formula is C26H14Br4FeN4. The van der Waals surface area contributed by atoms with E-state index in [2.05, 4.69) is 93.2 Å². The van der Waals surface area contributed by atoms with Gasteiger partial charge in [-0.25, -0.2) is 9.97 Å². The molecule has 4 nitrogen and oxygen atoms in total. The van der Waals surface area contributed by atoms with Crippen molar-refractivity contribution in [3.8, 4) is 11.1 Å². The van der Waals surface area contributed by atoms with Crippen molar-refractivity contribution in [2.45, 2.75) is 0 Å². The fourth-order valence-electron chi connectivity index (χ4n) is 4.09. The molecule has 0 atom stereocenters. The van der Waals surface area contributed by atoms with Crippen LogP contribution in [0.1, 0.15) is 22.8 Å². The van der Waals surface area contributed by atoms with Crippen molar-refractivity contribution in [1.29, 1.82) is 0 Å². The molecule has 2 aliphatic heterocycles. The second kappa shape index (κ2) is 9.96. The van der Waals surface area contributed by atoms with Crippen LogP contribution in [0, 0.1) is 0 Å². The first-order valence-corrected chi connectivity index (χ1v) is 13.5. The number of halogens is 4. The van der Waals surface area contributed by atoms with E-state index in [0.29, 0.717) is 0 Å². The van der Waals surface area contributed by atoms with Crippen molar-refractivity contribution in [2.75, 3.05) is 0 Å². The molecule has 6 rings (SSSR count). The smallest absolute Gasteiger partial charge is 0.0838 e. The van der Waals surface area contributed by atoms with Gasteiger partial charge in [0.05, 0.1) is 64.4 Å². The minimum absolute atomic E-state index is 0. The van der Waals surface area contributed by atoms with Crippen molar-refractivity contribution in [3.05, 3.63) is 90.8 Å². The number of aromatic nitrogens is 4. The van der Waals surface area contributed by atoms with Crippen LogP contribution >= 0.6 is 63.9 Å². The molecule has 4 aromatic rings. The molecule has 0 fully saturated rings. The maximum Gasteiger partial charge on any atom is 0.0838 e. The van der Waals surface area contributed by atoms with E-state index in [1.165, 1.54) is 0 Å². The summed E-state index contributed by atoms with van der Waals surface area (Å²) in [6.07, 6.45) is 8.04. The second-order valence-corrected chi connectivity index (χ2v) is 11.0. The molecule has 0 unspecified atom stereocenters. The van der Waals surface area contributed by atoms with Gasteiger partial charge >= 0.3 is 0 Å². The summed E-state index contributed by atoms with van der Waals surface area (Å²) in [5.74, 6) is 0. The van der Waals surface area contributed by atoms with Crippen LogP contribution in [-0.2, 0) is 17.1 Å². The minimum Gasteiger partial charge on any atom is -0.354 e. The van der Waals surface area contributed by atoms with Crippen molar-refractivity contribution in [3.63, 3.8) is 0 Å². The Morgan fingerprint density at radius 3 is 1.97 bits per heavy atom. The summed E-state index contributed by atoms with van der Waals surface area (Å²) in [4.78, 5) is 13.0. The van der Waals surface area contributed by atoms with Crippen molar-refractivity contribution in [1.82, 2.24) is 18.5 Å².